The summed E-state index contributed by atoms with van der Waals surface area (Å²) in [5, 5.41) is 14.9. The number of likely N-dealkylation sites (tertiary alicyclic amines) is 1. The van der Waals surface area contributed by atoms with Crippen LogP contribution in [-0.4, -0.2) is 60.0 Å². The fourth-order valence-corrected chi connectivity index (χ4v) is 3.75. The summed E-state index contributed by atoms with van der Waals surface area (Å²) in [6.45, 7) is 4.95. The minimum atomic E-state index is -0.925. The van der Waals surface area contributed by atoms with Crippen molar-refractivity contribution in [3.05, 3.63) is 0 Å². The fraction of sp³-hybridized carbons (Fsp3) is 0.833. The molecule has 2 aliphatic rings. The van der Waals surface area contributed by atoms with Crippen molar-refractivity contribution in [2.45, 2.75) is 57.9 Å². The Hall–Kier alpha value is -1.63. The smallest absolute Gasteiger partial charge is 0.305 e. The van der Waals surface area contributed by atoms with Crippen LogP contribution in [0, 0.1) is 11.8 Å². The second kappa shape index (κ2) is 9.75. The number of nitrogens with zero attached hydrogens (tertiary/aromatic N) is 1. The molecule has 0 bridgehead atoms. The van der Waals surface area contributed by atoms with Gasteiger partial charge in [0.2, 0.25) is 11.8 Å². The molecule has 7 heteroatoms. The number of carboxylic acids is 1. The predicted octanol–water partition coefficient (Wildman–Crippen LogP) is 0.984. The summed E-state index contributed by atoms with van der Waals surface area (Å²) in [4.78, 5) is 37.3. The van der Waals surface area contributed by atoms with E-state index in [0.717, 1.165) is 51.7 Å². The summed E-state index contributed by atoms with van der Waals surface area (Å²) in [5.41, 5.74) is 0. The van der Waals surface area contributed by atoms with Crippen molar-refractivity contribution in [3.63, 3.8) is 0 Å². The number of carbonyl (C=O) groups is 3. The van der Waals surface area contributed by atoms with Gasteiger partial charge >= 0.3 is 5.97 Å². The molecule has 2 rings (SSSR count). The van der Waals surface area contributed by atoms with Gasteiger partial charge in [0, 0.05) is 25.6 Å². The highest BCUT2D eigenvalue weighted by atomic mass is 16.4. The number of amides is 2. The molecule has 2 atom stereocenters. The van der Waals surface area contributed by atoms with Crippen LogP contribution in [0.3, 0.4) is 0 Å². The first-order valence-electron chi connectivity index (χ1n) is 9.46. The van der Waals surface area contributed by atoms with E-state index >= 15 is 0 Å². The van der Waals surface area contributed by atoms with Crippen molar-refractivity contribution in [2.24, 2.45) is 11.8 Å². The topological polar surface area (TPSA) is 98.7 Å². The Bertz CT molecular complexity index is 477. The number of piperidine rings is 2. The van der Waals surface area contributed by atoms with Crippen molar-refractivity contribution in [1.82, 2.24) is 15.5 Å². The molecule has 2 amide bonds. The molecule has 25 heavy (non-hydrogen) atoms. The number of carboxylic acid groups (broad SMARTS) is 1. The SMILES string of the molecule is C[C@H](CC(=O)O)NC(=O)[C@@H]1CCCN(C(=O)CCC2CCNCC2)C1. The second-order valence-electron chi connectivity index (χ2n) is 7.42. The standard InChI is InChI=1S/C18H31N3O4/c1-13(11-17(23)24)20-18(25)15-3-2-10-21(12-15)16(22)5-4-14-6-8-19-9-7-14/h13-15,19H,2-12H2,1H3,(H,20,25)(H,23,24)/t13-,15-/m1/s1. The molecule has 0 aromatic carbocycles. The van der Waals surface area contributed by atoms with E-state index < -0.39 is 12.0 Å². The molecule has 0 radical (unpaired) electrons. The van der Waals surface area contributed by atoms with Crippen LogP contribution in [0.5, 0.6) is 0 Å². The Kier molecular flexibility index (Phi) is 7.68. The fourth-order valence-electron chi connectivity index (χ4n) is 3.75. The van der Waals surface area contributed by atoms with Gasteiger partial charge in [0.1, 0.15) is 0 Å². The van der Waals surface area contributed by atoms with Crippen LogP contribution in [-0.2, 0) is 14.4 Å². The predicted molar refractivity (Wildman–Crippen MR) is 94.0 cm³/mol. The van der Waals surface area contributed by atoms with Crippen molar-refractivity contribution in [1.29, 1.82) is 0 Å². The lowest BCUT2D eigenvalue weighted by Crippen LogP contribution is -2.47. The van der Waals surface area contributed by atoms with Crippen LogP contribution in [0.15, 0.2) is 0 Å². The van der Waals surface area contributed by atoms with Crippen LogP contribution < -0.4 is 10.6 Å². The van der Waals surface area contributed by atoms with E-state index in [4.69, 9.17) is 5.11 Å². The maximum Gasteiger partial charge on any atom is 0.305 e. The summed E-state index contributed by atoms with van der Waals surface area (Å²) in [5.74, 6) is -0.510. The second-order valence-corrected chi connectivity index (χ2v) is 7.42. The lowest BCUT2D eigenvalue weighted by molar-refractivity contribution is -0.137. The van der Waals surface area contributed by atoms with Gasteiger partial charge in [0.05, 0.1) is 12.3 Å². The summed E-state index contributed by atoms with van der Waals surface area (Å²) in [6, 6.07) is -0.393. The summed E-state index contributed by atoms with van der Waals surface area (Å²) in [6.07, 6.45) is 5.27. The lowest BCUT2D eigenvalue weighted by atomic mass is 9.92. The largest absolute Gasteiger partial charge is 0.481 e. The minimum absolute atomic E-state index is 0.0860. The van der Waals surface area contributed by atoms with Gasteiger partial charge in [-0.2, -0.15) is 0 Å². The third-order valence-electron chi connectivity index (χ3n) is 5.24. The molecule has 0 aromatic heterocycles. The highest BCUT2D eigenvalue weighted by Gasteiger charge is 2.29. The number of hydrogen-bond donors (Lipinski definition) is 3. The number of carbonyl (C=O) groups excluding carboxylic acids is 2. The van der Waals surface area contributed by atoms with E-state index in [2.05, 4.69) is 10.6 Å². The Morgan fingerprint density at radius 3 is 2.64 bits per heavy atom. The van der Waals surface area contributed by atoms with Gasteiger partial charge in [-0.15, -0.1) is 0 Å². The Morgan fingerprint density at radius 1 is 1.24 bits per heavy atom. The average Bonchev–Trinajstić information content (AvgIpc) is 2.60. The number of nitrogens with one attached hydrogen (secondary N) is 2. The van der Waals surface area contributed by atoms with E-state index in [1.165, 1.54) is 0 Å². The highest BCUT2D eigenvalue weighted by molar-refractivity contribution is 5.82. The van der Waals surface area contributed by atoms with Crippen LogP contribution >= 0.6 is 0 Å². The maximum absolute atomic E-state index is 12.5. The Balaban J connectivity index is 1.75. The zero-order valence-corrected chi connectivity index (χ0v) is 15.1. The van der Waals surface area contributed by atoms with Crippen molar-refractivity contribution in [3.8, 4) is 0 Å². The number of hydrogen-bond acceptors (Lipinski definition) is 4. The van der Waals surface area contributed by atoms with Crippen LogP contribution in [0.2, 0.25) is 0 Å². The molecule has 142 valence electrons. The first-order valence-corrected chi connectivity index (χ1v) is 9.46. The third kappa shape index (κ3) is 6.65. The van der Waals surface area contributed by atoms with Crippen LogP contribution in [0.1, 0.15) is 51.9 Å². The normalized spacial score (nSPS) is 23.1. The zero-order valence-electron chi connectivity index (χ0n) is 15.1. The molecular formula is C18H31N3O4. The molecule has 2 aliphatic heterocycles. The molecule has 0 aromatic rings. The molecule has 3 N–H and O–H groups in total. The quantitative estimate of drug-likeness (QED) is 0.634. The molecule has 0 unspecified atom stereocenters. The van der Waals surface area contributed by atoms with E-state index in [0.29, 0.717) is 18.9 Å². The van der Waals surface area contributed by atoms with Gasteiger partial charge in [0.15, 0.2) is 0 Å². The van der Waals surface area contributed by atoms with E-state index in [1.54, 1.807) is 6.92 Å². The number of aliphatic carboxylic acids is 1. The van der Waals surface area contributed by atoms with Crippen LogP contribution in [0.4, 0.5) is 0 Å². The van der Waals surface area contributed by atoms with Gasteiger partial charge in [-0.05, 0) is 58.0 Å². The van der Waals surface area contributed by atoms with Crippen molar-refractivity contribution < 1.29 is 19.5 Å². The molecule has 0 saturated carbocycles. The Morgan fingerprint density at radius 2 is 1.96 bits per heavy atom. The molecule has 2 fully saturated rings. The monoisotopic (exact) mass is 353 g/mol. The molecular weight excluding hydrogens is 322 g/mol. The van der Waals surface area contributed by atoms with Crippen LogP contribution in [0.25, 0.3) is 0 Å². The first-order chi connectivity index (χ1) is 12.0. The maximum atomic E-state index is 12.5. The summed E-state index contributed by atoms with van der Waals surface area (Å²) < 4.78 is 0. The van der Waals surface area contributed by atoms with Gasteiger partial charge in [-0.3, -0.25) is 14.4 Å². The van der Waals surface area contributed by atoms with E-state index in [1.807, 2.05) is 4.90 Å². The highest BCUT2D eigenvalue weighted by Crippen LogP contribution is 2.21. The van der Waals surface area contributed by atoms with E-state index in [-0.39, 0.29) is 24.2 Å². The molecule has 0 aliphatic carbocycles. The lowest BCUT2D eigenvalue weighted by Gasteiger charge is -2.33. The zero-order chi connectivity index (χ0) is 18.2. The van der Waals surface area contributed by atoms with Gasteiger partial charge in [-0.1, -0.05) is 0 Å². The molecule has 0 spiro atoms. The molecule has 2 heterocycles. The first kappa shape index (κ1) is 19.7. The minimum Gasteiger partial charge on any atom is -0.481 e. The Labute approximate surface area is 149 Å². The number of rotatable bonds is 7. The van der Waals surface area contributed by atoms with Gasteiger partial charge in [0.25, 0.3) is 0 Å². The third-order valence-corrected chi connectivity index (χ3v) is 5.24. The summed E-state index contributed by atoms with van der Waals surface area (Å²) >= 11 is 0. The van der Waals surface area contributed by atoms with Gasteiger partial charge in [-0.25, -0.2) is 0 Å². The van der Waals surface area contributed by atoms with Crippen molar-refractivity contribution in [2.75, 3.05) is 26.2 Å². The molecule has 2 saturated heterocycles. The molecule has 7 nitrogen and oxygen atoms in total. The van der Waals surface area contributed by atoms with Gasteiger partial charge < -0.3 is 20.6 Å². The average molecular weight is 353 g/mol. The summed E-state index contributed by atoms with van der Waals surface area (Å²) in [7, 11) is 0. The van der Waals surface area contributed by atoms with Crippen molar-refractivity contribution >= 4 is 17.8 Å². The van der Waals surface area contributed by atoms with E-state index in [9.17, 15) is 14.4 Å².